The fourth-order valence-corrected chi connectivity index (χ4v) is 4.90. The topological polar surface area (TPSA) is 65.7 Å². The average molecular weight is 426 g/mol. The predicted molar refractivity (Wildman–Crippen MR) is 118 cm³/mol. The van der Waals surface area contributed by atoms with Crippen molar-refractivity contribution in [1.29, 1.82) is 0 Å². The number of thioether (sulfide) groups is 1. The van der Waals surface area contributed by atoms with Gasteiger partial charge in [0, 0.05) is 7.05 Å². The van der Waals surface area contributed by atoms with E-state index in [0.717, 1.165) is 16.9 Å². The van der Waals surface area contributed by atoms with E-state index < -0.39 is 0 Å². The highest BCUT2D eigenvalue weighted by Crippen LogP contribution is 2.44. The van der Waals surface area contributed by atoms with Crippen LogP contribution in [0.25, 0.3) is 5.69 Å². The van der Waals surface area contributed by atoms with E-state index in [9.17, 15) is 9.59 Å². The van der Waals surface area contributed by atoms with Crippen LogP contribution in [0, 0.1) is 6.92 Å². The summed E-state index contributed by atoms with van der Waals surface area (Å²) in [4.78, 5) is 27.9. The number of ether oxygens (including phenoxy) is 2. The third kappa shape index (κ3) is 3.17. The van der Waals surface area contributed by atoms with Crippen molar-refractivity contribution in [2.75, 3.05) is 24.9 Å². The fraction of sp³-hybridized carbons (Fsp3) is 0.273. The molecule has 1 aliphatic rings. The maximum absolute atomic E-state index is 13.4. The van der Waals surface area contributed by atoms with Crippen LogP contribution in [0.5, 0.6) is 11.5 Å². The van der Waals surface area contributed by atoms with Gasteiger partial charge in [0.25, 0.3) is 5.56 Å². The van der Waals surface area contributed by atoms with Crippen LogP contribution in [-0.4, -0.2) is 35.2 Å². The van der Waals surface area contributed by atoms with Crippen LogP contribution in [0.15, 0.2) is 53.3 Å². The smallest absolute Gasteiger partial charge is 0.295 e. The van der Waals surface area contributed by atoms with Crippen molar-refractivity contribution in [2.24, 2.45) is 7.05 Å². The zero-order chi connectivity index (χ0) is 21.4. The highest BCUT2D eigenvalue weighted by atomic mass is 32.2. The lowest BCUT2D eigenvalue weighted by Gasteiger charge is -2.23. The molecule has 0 unspecified atom stereocenters. The van der Waals surface area contributed by atoms with Gasteiger partial charge in [-0.2, -0.15) is 0 Å². The van der Waals surface area contributed by atoms with Gasteiger partial charge in [0.05, 0.1) is 31.4 Å². The number of anilines is 1. The summed E-state index contributed by atoms with van der Waals surface area (Å²) in [6.45, 7) is 1.86. The molecule has 0 bridgehead atoms. The fourth-order valence-electron chi connectivity index (χ4n) is 3.75. The van der Waals surface area contributed by atoms with E-state index in [1.165, 1.54) is 11.8 Å². The number of nitrogens with zero attached hydrogens (tertiary/aromatic N) is 3. The van der Waals surface area contributed by atoms with Gasteiger partial charge in [-0.15, -0.1) is 11.8 Å². The molecular weight excluding hydrogens is 402 g/mol. The SMILES string of the molecule is COc1ccc([C@H]2SCC(=O)N2c2c(C)n(C)n(-c3ccccc3)c2=O)cc1OC. The first kappa shape index (κ1) is 20.2. The summed E-state index contributed by atoms with van der Waals surface area (Å²) in [5.74, 6) is 1.41. The summed E-state index contributed by atoms with van der Waals surface area (Å²) in [6.07, 6.45) is 0. The summed E-state index contributed by atoms with van der Waals surface area (Å²) in [7, 11) is 4.98. The molecule has 1 aliphatic heterocycles. The Labute approximate surface area is 178 Å². The molecule has 156 valence electrons. The monoisotopic (exact) mass is 425 g/mol. The van der Waals surface area contributed by atoms with Crippen LogP contribution < -0.4 is 19.9 Å². The number of carbonyl (C=O) groups excluding carboxylic acids is 1. The molecule has 8 heteroatoms. The molecule has 0 saturated carbocycles. The van der Waals surface area contributed by atoms with Gasteiger partial charge in [0.1, 0.15) is 11.1 Å². The van der Waals surface area contributed by atoms with Crippen molar-refractivity contribution in [3.8, 4) is 17.2 Å². The number of rotatable bonds is 5. The second-order valence-electron chi connectivity index (χ2n) is 6.95. The first-order valence-electron chi connectivity index (χ1n) is 9.47. The van der Waals surface area contributed by atoms with Crippen molar-refractivity contribution in [1.82, 2.24) is 9.36 Å². The molecular formula is C22H23N3O4S. The molecule has 30 heavy (non-hydrogen) atoms. The summed E-state index contributed by atoms with van der Waals surface area (Å²) in [5, 5.41) is -0.324. The minimum Gasteiger partial charge on any atom is -0.493 e. The minimum absolute atomic E-state index is 0.0919. The third-order valence-electron chi connectivity index (χ3n) is 5.33. The number of aromatic nitrogens is 2. The third-order valence-corrected chi connectivity index (χ3v) is 6.54. The van der Waals surface area contributed by atoms with E-state index in [1.54, 1.807) is 28.5 Å². The molecule has 2 aromatic carbocycles. The lowest BCUT2D eigenvalue weighted by molar-refractivity contribution is -0.115. The average Bonchev–Trinajstić information content (AvgIpc) is 3.24. The number of methoxy groups -OCH3 is 2. The molecule has 1 saturated heterocycles. The number of hydrogen-bond donors (Lipinski definition) is 0. The molecule has 0 aliphatic carbocycles. The largest absolute Gasteiger partial charge is 0.493 e. The van der Waals surface area contributed by atoms with Crippen molar-refractivity contribution < 1.29 is 14.3 Å². The van der Waals surface area contributed by atoms with Gasteiger partial charge < -0.3 is 9.47 Å². The Bertz CT molecular complexity index is 1150. The molecule has 1 amide bonds. The molecule has 1 aromatic heterocycles. The maximum atomic E-state index is 13.4. The van der Waals surface area contributed by atoms with Crippen molar-refractivity contribution in [3.63, 3.8) is 0 Å². The van der Waals surface area contributed by atoms with Gasteiger partial charge in [-0.1, -0.05) is 24.3 Å². The maximum Gasteiger partial charge on any atom is 0.295 e. The normalized spacial score (nSPS) is 16.2. The lowest BCUT2D eigenvalue weighted by atomic mass is 10.1. The van der Waals surface area contributed by atoms with E-state index in [0.29, 0.717) is 22.9 Å². The van der Waals surface area contributed by atoms with Crippen molar-refractivity contribution in [3.05, 3.63) is 70.1 Å². The molecule has 0 spiro atoms. The Morgan fingerprint density at radius 2 is 1.70 bits per heavy atom. The molecule has 0 radical (unpaired) electrons. The highest BCUT2D eigenvalue weighted by molar-refractivity contribution is 8.00. The van der Waals surface area contributed by atoms with E-state index in [-0.39, 0.29) is 16.8 Å². The Kier molecular flexibility index (Phi) is 5.34. The Hall–Kier alpha value is -3.13. The number of benzene rings is 2. The highest BCUT2D eigenvalue weighted by Gasteiger charge is 2.38. The van der Waals surface area contributed by atoms with Gasteiger partial charge >= 0.3 is 0 Å². The first-order chi connectivity index (χ1) is 14.5. The summed E-state index contributed by atoms with van der Waals surface area (Å²) < 4.78 is 14.1. The zero-order valence-electron chi connectivity index (χ0n) is 17.3. The summed E-state index contributed by atoms with van der Waals surface area (Å²) in [5.41, 5.74) is 2.53. The van der Waals surface area contributed by atoms with Gasteiger partial charge in [-0.3, -0.25) is 19.2 Å². The van der Waals surface area contributed by atoms with E-state index in [1.807, 2.05) is 62.5 Å². The standard InChI is InChI=1S/C22H23N3O4S/c1-14-20(21(27)25(23(14)2)16-8-6-5-7-9-16)24-19(26)13-30-22(24)15-10-11-17(28-3)18(12-15)29-4/h5-12,22H,13H2,1-4H3/t22-/m1/s1. The minimum atomic E-state index is -0.324. The Morgan fingerprint density at radius 1 is 1.00 bits per heavy atom. The van der Waals surface area contributed by atoms with Crippen LogP contribution in [-0.2, 0) is 11.8 Å². The molecule has 0 N–H and O–H groups in total. The zero-order valence-corrected chi connectivity index (χ0v) is 18.1. The van der Waals surface area contributed by atoms with Gasteiger partial charge in [0.15, 0.2) is 11.5 Å². The van der Waals surface area contributed by atoms with Crippen LogP contribution in [0.3, 0.4) is 0 Å². The van der Waals surface area contributed by atoms with Gasteiger partial charge in [-0.25, -0.2) is 4.68 Å². The van der Waals surface area contributed by atoms with Crippen molar-refractivity contribution in [2.45, 2.75) is 12.3 Å². The number of carbonyl (C=O) groups is 1. The predicted octanol–water partition coefficient (Wildman–Crippen LogP) is 3.28. The van der Waals surface area contributed by atoms with Crippen LogP contribution in [0.4, 0.5) is 5.69 Å². The van der Waals surface area contributed by atoms with Crippen molar-refractivity contribution >= 4 is 23.4 Å². The summed E-state index contributed by atoms with van der Waals surface area (Å²) in [6, 6.07) is 15.0. The van der Waals surface area contributed by atoms with Gasteiger partial charge in [-0.05, 0) is 36.8 Å². The second-order valence-corrected chi connectivity index (χ2v) is 8.02. The van der Waals surface area contributed by atoms with E-state index in [4.69, 9.17) is 9.47 Å². The van der Waals surface area contributed by atoms with Crippen LogP contribution >= 0.6 is 11.8 Å². The lowest BCUT2D eigenvalue weighted by Crippen LogP contribution is -2.33. The molecule has 1 fully saturated rings. The van der Waals surface area contributed by atoms with Gasteiger partial charge in [0.2, 0.25) is 5.91 Å². The molecule has 1 atom stereocenters. The number of hydrogen-bond acceptors (Lipinski definition) is 5. The molecule has 3 aromatic rings. The van der Waals surface area contributed by atoms with E-state index >= 15 is 0 Å². The first-order valence-corrected chi connectivity index (χ1v) is 10.5. The molecule has 4 rings (SSSR count). The Morgan fingerprint density at radius 3 is 2.37 bits per heavy atom. The summed E-state index contributed by atoms with van der Waals surface area (Å²) >= 11 is 1.49. The molecule has 7 nitrogen and oxygen atoms in total. The number of amides is 1. The Balaban J connectivity index is 1.83. The molecule has 2 heterocycles. The van der Waals surface area contributed by atoms with E-state index in [2.05, 4.69) is 0 Å². The van der Waals surface area contributed by atoms with Crippen LogP contribution in [0.2, 0.25) is 0 Å². The quantitative estimate of drug-likeness (QED) is 0.628. The number of para-hydroxylation sites is 1. The second kappa shape index (κ2) is 7.95. The van der Waals surface area contributed by atoms with Crippen LogP contribution in [0.1, 0.15) is 16.6 Å².